The molecule has 1 atom stereocenters. The Labute approximate surface area is 249 Å². The number of nitrogens with zero attached hydrogens (tertiary/aromatic N) is 2. The molecule has 0 bridgehead atoms. The van der Waals surface area contributed by atoms with Crippen molar-refractivity contribution in [1.82, 2.24) is 10.2 Å². The quantitative estimate of drug-likeness (QED) is 0.307. The summed E-state index contributed by atoms with van der Waals surface area (Å²) in [7, 11) is -2.71. The van der Waals surface area contributed by atoms with Crippen molar-refractivity contribution in [2.24, 2.45) is 0 Å². The van der Waals surface area contributed by atoms with Crippen LogP contribution in [0, 0.1) is 0 Å². The van der Waals surface area contributed by atoms with Crippen LogP contribution in [0.25, 0.3) is 0 Å². The van der Waals surface area contributed by atoms with Crippen LogP contribution in [0.5, 0.6) is 5.75 Å². The van der Waals surface area contributed by atoms with Gasteiger partial charge in [-0.3, -0.25) is 13.9 Å². The van der Waals surface area contributed by atoms with E-state index in [0.717, 1.165) is 14.3 Å². The van der Waals surface area contributed by atoms with E-state index in [9.17, 15) is 18.0 Å². The zero-order chi connectivity index (χ0) is 29.7. The summed E-state index contributed by atoms with van der Waals surface area (Å²) in [4.78, 5) is 28.5. The van der Waals surface area contributed by atoms with Crippen molar-refractivity contribution in [3.63, 3.8) is 0 Å². The first-order chi connectivity index (χ1) is 18.7. The van der Waals surface area contributed by atoms with Gasteiger partial charge >= 0.3 is 0 Å². The molecule has 0 spiro atoms. The summed E-state index contributed by atoms with van der Waals surface area (Å²) >= 11 is 9.47. The van der Waals surface area contributed by atoms with E-state index < -0.39 is 34.1 Å². The second kappa shape index (κ2) is 13.1. The molecule has 0 saturated carbocycles. The van der Waals surface area contributed by atoms with Crippen LogP contribution in [0.2, 0.25) is 5.02 Å². The number of benzene rings is 3. The molecule has 3 aromatic rings. The number of carbonyl (C=O) groups excluding carboxylic acids is 2. The zero-order valence-corrected chi connectivity index (χ0v) is 26.2. The van der Waals surface area contributed by atoms with E-state index in [1.165, 1.54) is 48.4 Å². The van der Waals surface area contributed by atoms with Gasteiger partial charge in [0.2, 0.25) is 11.8 Å². The minimum Gasteiger partial charge on any atom is -0.497 e. The number of carbonyl (C=O) groups is 2. The number of hydrogen-bond donors (Lipinski definition) is 1. The third-order valence-electron chi connectivity index (χ3n) is 5.97. The maximum absolute atomic E-state index is 13.9. The first-order valence-electron chi connectivity index (χ1n) is 12.5. The predicted octanol–water partition coefficient (Wildman–Crippen LogP) is 5.64. The summed E-state index contributed by atoms with van der Waals surface area (Å²) in [5.41, 5.74) is 0.511. The molecule has 0 aliphatic heterocycles. The zero-order valence-electron chi connectivity index (χ0n) is 23.0. The van der Waals surface area contributed by atoms with Crippen LogP contribution < -0.4 is 14.4 Å². The fraction of sp³-hybridized carbons (Fsp3) is 0.310. The third-order valence-corrected chi connectivity index (χ3v) is 8.54. The highest BCUT2D eigenvalue weighted by Crippen LogP contribution is 2.27. The number of sulfonamides is 1. The lowest BCUT2D eigenvalue weighted by molar-refractivity contribution is -0.140. The normalized spacial score (nSPS) is 12.4. The van der Waals surface area contributed by atoms with Crippen molar-refractivity contribution < 1.29 is 22.7 Å². The average Bonchev–Trinajstić information content (AvgIpc) is 2.90. The predicted molar refractivity (Wildman–Crippen MR) is 161 cm³/mol. The Hall–Kier alpha value is -3.08. The van der Waals surface area contributed by atoms with E-state index in [1.54, 1.807) is 19.1 Å². The highest BCUT2D eigenvalue weighted by Gasteiger charge is 2.33. The van der Waals surface area contributed by atoms with Crippen LogP contribution in [-0.4, -0.2) is 50.4 Å². The average molecular weight is 651 g/mol. The summed E-state index contributed by atoms with van der Waals surface area (Å²) in [6.07, 6.45) is 0. The van der Waals surface area contributed by atoms with E-state index in [1.807, 2.05) is 45.0 Å². The summed E-state index contributed by atoms with van der Waals surface area (Å²) in [5.74, 6) is -0.409. The maximum atomic E-state index is 13.9. The molecule has 8 nitrogen and oxygen atoms in total. The lowest BCUT2D eigenvalue weighted by Gasteiger charge is -2.33. The Morgan fingerprint density at radius 1 is 0.975 bits per heavy atom. The largest absolute Gasteiger partial charge is 0.497 e. The second-order valence-corrected chi connectivity index (χ2v) is 13.4. The van der Waals surface area contributed by atoms with Gasteiger partial charge in [0.25, 0.3) is 10.0 Å². The molecule has 0 aliphatic rings. The minimum absolute atomic E-state index is 0.0194. The fourth-order valence-electron chi connectivity index (χ4n) is 3.85. The SMILES string of the molecule is COc1ccc(S(=O)(=O)N(CC(=O)N(Cc2ccc(Br)cc2)[C@H](C)C(=O)NC(C)(C)C)c2ccc(Cl)cc2)cc1. The van der Waals surface area contributed by atoms with E-state index >= 15 is 0 Å². The Balaban J connectivity index is 2.03. The van der Waals surface area contributed by atoms with Crippen LogP contribution in [0.3, 0.4) is 0 Å². The van der Waals surface area contributed by atoms with Gasteiger partial charge in [0.05, 0.1) is 17.7 Å². The number of nitrogens with one attached hydrogen (secondary N) is 1. The van der Waals surface area contributed by atoms with Gasteiger partial charge in [-0.2, -0.15) is 0 Å². The molecule has 0 aromatic heterocycles. The molecule has 214 valence electrons. The van der Waals surface area contributed by atoms with Crippen molar-refractivity contribution in [2.45, 2.75) is 50.7 Å². The van der Waals surface area contributed by atoms with Crippen LogP contribution in [-0.2, 0) is 26.2 Å². The van der Waals surface area contributed by atoms with Crippen molar-refractivity contribution in [1.29, 1.82) is 0 Å². The summed E-state index contributed by atoms with van der Waals surface area (Å²) < 4.78 is 34.8. The van der Waals surface area contributed by atoms with Gasteiger partial charge in [-0.25, -0.2) is 8.42 Å². The summed E-state index contributed by atoms with van der Waals surface area (Å²) in [6, 6.07) is 18.5. The Morgan fingerprint density at radius 2 is 1.55 bits per heavy atom. The standard InChI is InChI=1S/C29H33BrClN3O5S/c1-20(28(36)32-29(2,3)4)33(18-21-6-8-22(30)9-7-21)27(35)19-34(24-12-10-23(31)11-13-24)40(37,38)26-16-14-25(39-5)15-17-26/h6-17,20H,18-19H2,1-5H3,(H,32,36)/t20-/m1/s1. The minimum atomic E-state index is -4.19. The number of rotatable bonds is 10. The number of methoxy groups -OCH3 is 1. The Bertz CT molecular complexity index is 1420. The van der Waals surface area contributed by atoms with Crippen molar-refractivity contribution in [3.8, 4) is 5.75 Å². The van der Waals surface area contributed by atoms with Gasteiger partial charge < -0.3 is 15.0 Å². The second-order valence-electron chi connectivity index (χ2n) is 10.2. The first kappa shape index (κ1) is 31.4. The molecule has 40 heavy (non-hydrogen) atoms. The van der Waals surface area contributed by atoms with Crippen molar-refractivity contribution >= 4 is 55.1 Å². The Kier molecular flexibility index (Phi) is 10.3. The fourth-order valence-corrected chi connectivity index (χ4v) is 5.66. The molecule has 0 saturated heterocycles. The molecule has 0 heterocycles. The highest BCUT2D eigenvalue weighted by molar-refractivity contribution is 9.10. The molecule has 2 amide bonds. The van der Waals surface area contributed by atoms with Gasteiger partial charge in [-0.15, -0.1) is 0 Å². The van der Waals surface area contributed by atoms with E-state index in [-0.39, 0.29) is 23.0 Å². The maximum Gasteiger partial charge on any atom is 0.264 e. The number of halogens is 2. The topological polar surface area (TPSA) is 96.0 Å². The van der Waals surface area contributed by atoms with Crippen LogP contribution in [0.4, 0.5) is 5.69 Å². The van der Waals surface area contributed by atoms with Crippen LogP contribution in [0.1, 0.15) is 33.3 Å². The van der Waals surface area contributed by atoms with E-state index in [0.29, 0.717) is 10.8 Å². The highest BCUT2D eigenvalue weighted by atomic mass is 79.9. The Morgan fingerprint density at radius 3 is 2.08 bits per heavy atom. The molecule has 3 aromatic carbocycles. The van der Waals surface area contributed by atoms with E-state index in [4.69, 9.17) is 16.3 Å². The van der Waals surface area contributed by atoms with Gasteiger partial charge in [0.15, 0.2) is 0 Å². The van der Waals surface area contributed by atoms with Gasteiger partial charge in [0.1, 0.15) is 18.3 Å². The van der Waals surface area contributed by atoms with E-state index in [2.05, 4.69) is 21.2 Å². The first-order valence-corrected chi connectivity index (χ1v) is 15.1. The molecule has 0 radical (unpaired) electrons. The number of amides is 2. The third kappa shape index (κ3) is 8.22. The monoisotopic (exact) mass is 649 g/mol. The number of hydrogen-bond acceptors (Lipinski definition) is 5. The molecular weight excluding hydrogens is 618 g/mol. The lowest BCUT2D eigenvalue weighted by atomic mass is 10.1. The van der Waals surface area contributed by atoms with Crippen LogP contribution in [0.15, 0.2) is 82.2 Å². The molecular formula is C29H33BrClN3O5S. The molecule has 11 heteroatoms. The molecule has 0 fully saturated rings. The molecule has 1 N–H and O–H groups in total. The van der Waals surface area contributed by atoms with Crippen molar-refractivity contribution in [2.75, 3.05) is 18.0 Å². The van der Waals surface area contributed by atoms with Gasteiger partial charge in [0, 0.05) is 21.6 Å². The molecule has 0 aliphatic carbocycles. The number of ether oxygens (including phenoxy) is 1. The molecule has 3 rings (SSSR count). The lowest BCUT2D eigenvalue weighted by Crippen LogP contribution is -2.54. The summed E-state index contributed by atoms with van der Waals surface area (Å²) in [5, 5.41) is 3.33. The number of anilines is 1. The van der Waals surface area contributed by atoms with Gasteiger partial charge in [-0.05, 0) is 93.9 Å². The molecule has 0 unspecified atom stereocenters. The smallest absolute Gasteiger partial charge is 0.264 e. The summed E-state index contributed by atoms with van der Waals surface area (Å²) in [6.45, 7) is 6.73. The van der Waals surface area contributed by atoms with Gasteiger partial charge in [-0.1, -0.05) is 39.7 Å². The van der Waals surface area contributed by atoms with Crippen LogP contribution >= 0.6 is 27.5 Å². The van der Waals surface area contributed by atoms with Crippen molar-refractivity contribution in [3.05, 3.63) is 87.9 Å².